The molecule has 112 valence electrons. The monoisotopic (exact) mass is 304 g/mol. The molecule has 1 unspecified atom stereocenters. The minimum atomic E-state index is -1.15. The van der Waals surface area contributed by atoms with E-state index in [0.29, 0.717) is 4.90 Å². The molecule has 8 heteroatoms. The normalized spacial score (nSPS) is 21.0. The Bertz CT molecular complexity index is 758. The van der Waals surface area contributed by atoms with E-state index in [0.717, 1.165) is 12.1 Å². The van der Waals surface area contributed by atoms with Crippen LogP contribution in [0.25, 0.3) is 0 Å². The molecule has 7 nitrogen and oxygen atoms in total. The first-order valence-electron chi connectivity index (χ1n) is 6.44. The van der Waals surface area contributed by atoms with E-state index in [-0.39, 0.29) is 35.8 Å². The molecule has 3 rings (SSSR count). The van der Waals surface area contributed by atoms with Crippen molar-refractivity contribution in [3.05, 3.63) is 34.6 Å². The molecule has 1 atom stereocenters. The topological polar surface area (TPSA) is 101 Å². The third-order valence-electron chi connectivity index (χ3n) is 3.66. The summed E-state index contributed by atoms with van der Waals surface area (Å²) in [6.45, 7) is 0. The molecule has 0 bridgehead atoms. The largest absolute Gasteiger partial charge is 0.298 e. The van der Waals surface area contributed by atoms with Gasteiger partial charge >= 0.3 is 0 Å². The van der Waals surface area contributed by atoms with Crippen LogP contribution in [0.2, 0.25) is 0 Å². The lowest BCUT2D eigenvalue weighted by molar-refractivity contribution is -0.136. The molecule has 1 fully saturated rings. The summed E-state index contributed by atoms with van der Waals surface area (Å²) >= 11 is 0. The van der Waals surface area contributed by atoms with Gasteiger partial charge in [-0.15, -0.1) is 0 Å². The number of carbonyl (C=O) groups excluding carboxylic acids is 5. The molecule has 22 heavy (non-hydrogen) atoms. The molecule has 0 aliphatic carbocycles. The predicted molar refractivity (Wildman–Crippen MR) is 68.5 cm³/mol. The summed E-state index contributed by atoms with van der Waals surface area (Å²) in [6, 6.07) is 0.562. The average Bonchev–Trinajstić information content (AvgIpc) is 2.71. The fraction of sp³-hybridized carbons (Fsp3) is 0.214. The molecule has 2 aliphatic rings. The number of carbonyl (C=O) groups is 5. The van der Waals surface area contributed by atoms with Crippen LogP contribution in [0.1, 0.15) is 43.9 Å². The lowest BCUT2D eigenvalue weighted by atomic mass is 10.0. The SMILES string of the molecule is O=Cc1cc(F)cc2c1C(=O)N(C1CCC(=O)NC1=O)C2=O. The van der Waals surface area contributed by atoms with Gasteiger partial charge < -0.3 is 0 Å². The first kappa shape index (κ1) is 14.1. The molecular weight excluding hydrogens is 295 g/mol. The molecule has 0 aromatic heterocycles. The molecule has 0 spiro atoms. The quantitative estimate of drug-likeness (QED) is 0.614. The zero-order valence-electron chi connectivity index (χ0n) is 11.1. The second-order valence-corrected chi connectivity index (χ2v) is 4.98. The van der Waals surface area contributed by atoms with E-state index in [9.17, 15) is 28.4 Å². The van der Waals surface area contributed by atoms with Crippen LogP contribution in [0.4, 0.5) is 4.39 Å². The Labute approximate surface area is 123 Å². The number of hydrogen-bond donors (Lipinski definition) is 1. The van der Waals surface area contributed by atoms with Crippen molar-refractivity contribution in [1.29, 1.82) is 0 Å². The maximum Gasteiger partial charge on any atom is 0.263 e. The Morgan fingerprint density at radius 2 is 1.91 bits per heavy atom. The third kappa shape index (κ3) is 1.92. The number of rotatable bonds is 2. The Hall–Kier alpha value is -2.90. The van der Waals surface area contributed by atoms with Gasteiger partial charge in [-0.25, -0.2) is 4.39 Å². The highest BCUT2D eigenvalue weighted by molar-refractivity contribution is 6.25. The van der Waals surface area contributed by atoms with Crippen LogP contribution < -0.4 is 5.32 Å². The number of nitrogens with zero attached hydrogens (tertiary/aromatic N) is 1. The van der Waals surface area contributed by atoms with Crippen molar-refractivity contribution in [2.24, 2.45) is 0 Å². The van der Waals surface area contributed by atoms with Gasteiger partial charge in [-0.3, -0.25) is 34.2 Å². The molecule has 1 aromatic carbocycles. The van der Waals surface area contributed by atoms with Crippen molar-refractivity contribution < 1.29 is 28.4 Å². The highest BCUT2D eigenvalue weighted by atomic mass is 19.1. The van der Waals surface area contributed by atoms with E-state index in [2.05, 4.69) is 0 Å². The van der Waals surface area contributed by atoms with Crippen molar-refractivity contribution in [3.63, 3.8) is 0 Å². The fourth-order valence-electron chi connectivity index (χ4n) is 2.68. The number of fused-ring (bicyclic) bond motifs is 1. The van der Waals surface area contributed by atoms with Crippen LogP contribution in [0.15, 0.2) is 12.1 Å². The van der Waals surface area contributed by atoms with Gasteiger partial charge in [-0.1, -0.05) is 0 Å². The van der Waals surface area contributed by atoms with Crippen LogP contribution in [0.3, 0.4) is 0 Å². The summed E-state index contributed by atoms with van der Waals surface area (Å²) in [6.07, 6.45) is 0.259. The first-order valence-corrected chi connectivity index (χ1v) is 6.44. The third-order valence-corrected chi connectivity index (χ3v) is 3.66. The van der Waals surface area contributed by atoms with Crippen LogP contribution in [-0.4, -0.2) is 40.9 Å². The van der Waals surface area contributed by atoms with Gasteiger partial charge in [0.05, 0.1) is 11.1 Å². The summed E-state index contributed by atoms with van der Waals surface area (Å²) in [5.41, 5.74) is -0.717. The number of halogens is 1. The molecule has 2 heterocycles. The van der Waals surface area contributed by atoms with Gasteiger partial charge in [0.1, 0.15) is 11.9 Å². The first-order chi connectivity index (χ1) is 10.4. The van der Waals surface area contributed by atoms with Gasteiger partial charge in [0.15, 0.2) is 6.29 Å². The highest BCUT2D eigenvalue weighted by Crippen LogP contribution is 2.30. The van der Waals surface area contributed by atoms with Gasteiger partial charge in [-0.2, -0.15) is 0 Å². The Kier molecular flexibility index (Phi) is 3.09. The second-order valence-electron chi connectivity index (χ2n) is 4.98. The van der Waals surface area contributed by atoms with Crippen LogP contribution in [0, 0.1) is 5.82 Å². The minimum Gasteiger partial charge on any atom is -0.298 e. The summed E-state index contributed by atoms with van der Waals surface area (Å²) in [5.74, 6) is -3.77. The number of nitrogens with one attached hydrogen (secondary N) is 1. The molecule has 0 saturated carbocycles. The molecule has 0 radical (unpaired) electrons. The average molecular weight is 304 g/mol. The smallest absolute Gasteiger partial charge is 0.263 e. The second kappa shape index (κ2) is 4.83. The van der Waals surface area contributed by atoms with Crippen LogP contribution in [-0.2, 0) is 9.59 Å². The van der Waals surface area contributed by atoms with Crippen molar-refractivity contribution in [2.45, 2.75) is 18.9 Å². The van der Waals surface area contributed by atoms with E-state index < -0.39 is 35.5 Å². The standard InChI is InChI=1S/C14H9FN2O5/c15-7-3-6(5-18)11-8(4-7)13(21)17(14(11)22)9-1-2-10(19)16-12(9)20/h3-5,9H,1-2H2,(H,16,19,20). The van der Waals surface area contributed by atoms with Crippen LogP contribution in [0.5, 0.6) is 0 Å². The van der Waals surface area contributed by atoms with E-state index in [4.69, 9.17) is 0 Å². The maximum absolute atomic E-state index is 13.4. The molecule has 1 saturated heterocycles. The lowest BCUT2D eigenvalue weighted by Crippen LogP contribution is -2.54. The summed E-state index contributed by atoms with van der Waals surface area (Å²) in [5, 5.41) is 2.05. The van der Waals surface area contributed by atoms with Crippen molar-refractivity contribution in [1.82, 2.24) is 10.2 Å². The number of benzene rings is 1. The molecule has 2 aliphatic heterocycles. The highest BCUT2D eigenvalue weighted by Gasteiger charge is 2.45. The molecular formula is C14H9FN2O5. The summed E-state index contributed by atoms with van der Waals surface area (Å²) < 4.78 is 13.4. The van der Waals surface area contributed by atoms with Gasteiger partial charge in [0, 0.05) is 12.0 Å². The number of imide groups is 2. The zero-order valence-corrected chi connectivity index (χ0v) is 11.1. The number of piperidine rings is 1. The predicted octanol–water partition coefficient (Wildman–Crippen LogP) is 0.0394. The van der Waals surface area contributed by atoms with E-state index in [1.54, 1.807) is 0 Å². The summed E-state index contributed by atoms with van der Waals surface area (Å²) in [7, 11) is 0. The van der Waals surface area contributed by atoms with Crippen molar-refractivity contribution in [2.75, 3.05) is 0 Å². The number of amides is 4. The number of aldehydes is 1. The van der Waals surface area contributed by atoms with E-state index in [1.807, 2.05) is 5.32 Å². The van der Waals surface area contributed by atoms with E-state index >= 15 is 0 Å². The van der Waals surface area contributed by atoms with Crippen molar-refractivity contribution >= 4 is 29.9 Å². The lowest BCUT2D eigenvalue weighted by Gasteiger charge is -2.27. The van der Waals surface area contributed by atoms with Gasteiger partial charge in [-0.05, 0) is 18.6 Å². The Morgan fingerprint density at radius 3 is 2.55 bits per heavy atom. The van der Waals surface area contributed by atoms with Crippen molar-refractivity contribution in [3.8, 4) is 0 Å². The Balaban J connectivity index is 2.05. The number of hydrogen-bond acceptors (Lipinski definition) is 5. The minimum absolute atomic E-state index is 0.00492. The zero-order chi connectivity index (χ0) is 16.0. The maximum atomic E-state index is 13.4. The van der Waals surface area contributed by atoms with Gasteiger partial charge in [0.2, 0.25) is 11.8 Å². The molecule has 4 amide bonds. The van der Waals surface area contributed by atoms with Gasteiger partial charge in [0.25, 0.3) is 11.8 Å². The van der Waals surface area contributed by atoms with Crippen LogP contribution >= 0.6 is 0 Å². The molecule has 1 aromatic rings. The Morgan fingerprint density at radius 1 is 1.18 bits per heavy atom. The van der Waals surface area contributed by atoms with E-state index in [1.165, 1.54) is 0 Å². The fourth-order valence-corrected chi connectivity index (χ4v) is 2.68. The molecule has 1 N–H and O–H groups in total. The summed E-state index contributed by atoms with van der Waals surface area (Å²) in [4.78, 5) is 59.3.